The summed E-state index contributed by atoms with van der Waals surface area (Å²) in [6, 6.07) is 0. The van der Waals surface area contributed by atoms with Gasteiger partial charge in [-0.1, -0.05) is 0 Å². The molecule has 0 saturated heterocycles. The van der Waals surface area contributed by atoms with Crippen LogP contribution in [-0.2, 0) is 0 Å². The van der Waals surface area contributed by atoms with Crippen LogP contribution in [0.25, 0.3) is 11.2 Å². The quantitative estimate of drug-likeness (QED) is 0.586. The van der Waals surface area contributed by atoms with E-state index in [0.29, 0.717) is 17.1 Å². The Kier molecular flexibility index (Phi) is 1.33. The molecule has 0 fully saturated rings. The van der Waals surface area contributed by atoms with Crippen molar-refractivity contribution in [1.82, 2.24) is 19.7 Å². The Morgan fingerprint density at radius 2 is 2.33 bits per heavy atom. The van der Waals surface area contributed by atoms with Crippen molar-refractivity contribution in [1.29, 1.82) is 0 Å². The molecule has 2 heterocycles. The highest BCUT2D eigenvalue weighted by Crippen LogP contribution is 2.08. The van der Waals surface area contributed by atoms with Crippen LogP contribution in [0.2, 0.25) is 0 Å². The Morgan fingerprint density at radius 1 is 1.50 bits per heavy atom. The molecule has 2 aromatic rings. The predicted octanol–water partition coefficient (Wildman–Crippen LogP) is 0.105. The fraction of sp³-hybridized carbons (Fsp3) is 0.167. The van der Waals surface area contributed by atoms with Crippen molar-refractivity contribution in [3.05, 3.63) is 12.5 Å². The van der Waals surface area contributed by atoms with Crippen molar-refractivity contribution in [3.8, 4) is 0 Å². The van der Waals surface area contributed by atoms with Crippen LogP contribution < -0.4 is 5.32 Å². The number of imidazole rings is 1. The second-order valence-electron chi connectivity index (χ2n) is 2.24. The van der Waals surface area contributed by atoms with E-state index in [1.165, 1.54) is 6.33 Å². The molecule has 6 nitrogen and oxygen atoms in total. The molecule has 0 radical (unpaired) electrons. The van der Waals surface area contributed by atoms with Crippen molar-refractivity contribution < 1.29 is 5.21 Å². The molecule has 12 heavy (non-hydrogen) atoms. The molecule has 6 heteroatoms. The van der Waals surface area contributed by atoms with Gasteiger partial charge >= 0.3 is 0 Å². The fourth-order valence-corrected chi connectivity index (χ4v) is 0.918. The molecule has 0 saturated carbocycles. The van der Waals surface area contributed by atoms with Crippen LogP contribution in [0.1, 0.15) is 0 Å². The average Bonchev–Trinajstić information content (AvgIpc) is 2.47. The van der Waals surface area contributed by atoms with Gasteiger partial charge in [0.2, 0.25) is 11.6 Å². The zero-order chi connectivity index (χ0) is 8.55. The lowest BCUT2D eigenvalue weighted by atomic mass is 10.6. The highest BCUT2D eigenvalue weighted by Gasteiger charge is 2.03. The van der Waals surface area contributed by atoms with Gasteiger partial charge in [-0.25, -0.2) is 9.97 Å². The van der Waals surface area contributed by atoms with Gasteiger partial charge in [0.25, 0.3) is 0 Å². The molecule has 0 bridgehead atoms. The molecule has 0 amide bonds. The number of nitrogens with zero attached hydrogens (tertiary/aromatic N) is 4. The van der Waals surface area contributed by atoms with E-state index < -0.39 is 0 Å². The Bertz CT molecular complexity index is 409. The third-order valence-corrected chi connectivity index (χ3v) is 1.50. The van der Waals surface area contributed by atoms with E-state index in [9.17, 15) is 0 Å². The van der Waals surface area contributed by atoms with Crippen molar-refractivity contribution in [2.75, 3.05) is 12.4 Å². The molecule has 2 rings (SSSR count). The minimum atomic E-state index is 0.398. The number of aromatic nitrogens is 4. The third-order valence-electron chi connectivity index (χ3n) is 1.50. The summed E-state index contributed by atoms with van der Waals surface area (Å²) in [5.41, 5.74) is 0.964. The van der Waals surface area contributed by atoms with Crippen LogP contribution in [0.4, 0.5) is 5.95 Å². The summed E-state index contributed by atoms with van der Waals surface area (Å²) in [4.78, 5) is 11.8. The SMILES string of the molecule is CNc1ncc2ncn(O)c2n1. The number of hydrogen-bond donors (Lipinski definition) is 2. The first-order chi connectivity index (χ1) is 5.81. The van der Waals surface area contributed by atoms with Gasteiger partial charge in [-0.3, -0.25) is 0 Å². The van der Waals surface area contributed by atoms with Crippen LogP contribution >= 0.6 is 0 Å². The Morgan fingerprint density at radius 3 is 3.08 bits per heavy atom. The summed E-state index contributed by atoms with van der Waals surface area (Å²) in [7, 11) is 1.71. The molecule has 0 aliphatic rings. The number of nitrogens with one attached hydrogen (secondary N) is 1. The van der Waals surface area contributed by atoms with Crippen LogP contribution in [0.5, 0.6) is 0 Å². The molecule has 0 aromatic carbocycles. The van der Waals surface area contributed by atoms with Crippen molar-refractivity contribution in [3.63, 3.8) is 0 Å². The number of hydrogen-bond acceptors (Lipinski definition) is 5. The maximum atomic E-state index is 9.17. The number of rotatable bonds is 1. The first-order valence-electron chi connectivity index (χ1n) is 3.38. The van der Waals surface area contributed by atoms with E-state index in [-0.39, 0.29) is 0 Å². The lowest BCUT2D eigenvalue weighted by Gasteiger charge is -1.96. The average molecular weight is 165 g/mol. The maximum Gasteiger partial charge on any atom is 0.224 e. The van der Waals surface area contributed by atoms with Gasteiger partial charge < -0.3 is 10.5 Å². The standard InChI is InChI=1S/C6H7N5O/c1-7-6-8-2-4-5(10-6)11(12)3-9-4/h2-3,12H,1H3,(H,7,8,10). The van der Waals surface area contributed by atoms with E-state index in [2.05, 4.69) is 20.3 Å². The zero-order valence-electron chi connectivity index (χ0n) is 6.39. The number of anilines is 1. The van der Waals surface area contributed by atoms with Crippen LogP contribution in [-0.4, -0.2) is 31.9 Å². The third kappa shape index (κ3) is 0.849. The van der Waals surface area contributed by atoms with Gasteiger partial charge in [0.15, 0.2) is 0 Å². The summed E-state index contributed by atoms with van der Waals surface area (Å²) in [6.45, 7) is 0. The van der Waals surface area contributed by atoms with Gasteiger partial charge in [0.1, 0.15) is 11.8 Å². The molecular weight excluding hydrogens is 158 g/mol. The molecule has 0 unspecified atom stereocenters. The summed E-state index contributed by atoms with van der Waals surface area (Å²) in [5, 5.41) is 11.9. The van der Waals surface area contributed by atoms with Gasteiger partial charge in [0.05, 0.1) is 6.20 Å². The Hall–Kier alpha value is -1.85. The first-order valence-corrected chi connectivity index (χ1v) is 3.38. The largest absolute Gasteiger partial charge is 0.425 e. The van der Waals surface area contributed by atoms with Crippen molar-refractivity contribution in [2.45, 2.75) is 0 Å². The van der Waals surface area contributed by atoms with E-state index in [1.807, 2.05) is 0 Å². The normalized spacial score (nSPS) is 10.4. The monoisotopic (exact) mass is 165 g/mol. The Labute approximate surface area is 67.9 Å². The van der Waals surface area contributed by atoms with Gasteiger partial charge in [-0.2, -0.15) is 9.71 Å². The highest BCUT2D eigenvalue weighted by atomic mass is 16.5. The van der Waals surface area contributed by atoms with Crippen molar-refractivity contribution >= 4 is 17.1 Å². The minimum Gasteiger partial charge on any atom is -0.425 e. The summed E-state index contributed by atoms with van der Waals surface area (Å²) < 4.78 is 0.859. The molecule has 0 aliphatic heterocycles. The summed E-state index contributed by atoms with van der Waals surface area (Å²) in [5.74, 6) is 0.457. The molecule has 0 aliphatic carbocycles. The second-order valence-corrected chi connectivity index (χ2v) is 2.24. The van der Waals surface area contributed by atoms with Crippen LogP contribution in [0.15, 0.2) is 12.5 Å². The van der Waals surface area contributed by atoms with Crippen molar-refractivity contribution in [2.24, 2.45) is 0 Å². The predicted molar refractivity (Wildman–Crippen MR) is 42.1 cm³/mol. The molecule has 2 N–H and O–H groups in total. The van der Waals surface area contributed by atoms with Gasteiger partial charge in [-0.15, -0.1) is 0 Å². The summed E-state index contributed by atoms with van der Waals surface area (Å²) >= 11 is 0. The molecule has 2 aromatic heterocycles. The fourth-order valence-electron chi connectivity index (χ4n) is 0.918. The van der Waals surface area contributed by atoms with E-state index in [0.717, 1.165) is 4.73 Å². The second kappa shape index (κ2) is 2.33. The summed E-state index contributed by atoms with van der Waals surface area (Å²) in [6.07, 6.45) is 2.82. The topological polar surface area (TPSA) is 75.9 Å². The van der Waals surface area contributed by atoms with Crippen LogP contribution in [0.3, 0.4) is 0 Å². The molecule has 0 spiro atoms. The highest BCUT2D eigenvalue weighted by molar-refractivity contribution is 5.70. The molecule has 62 valence electrons. The smallest absolute Gasteiger partial charge is 0.224 e. The van der Waals surface area contributed by atoms with Gasteiger partial charge in [-0.05, 0) is 0 Å². The number of fused-ring (bicyclic) bond motifs is 1. The first kappa shape index (κ1) is 6.84. The Balaban J connectivity index is 2.71. The van der Waals surface area contributed by atoms with E-state index >= 15 is 0 Å². The molecular formula is C6H7N5O. The maximum absolute atomic E-state index is 9.17. The zero-order valence-corrected chi connectivity index (χ0v) is 6.39. The molecule has 0 atom stereocenters. The lowest BCUT2D eigenvalue weighted by molar-refractivity contribution is 0.196. The lowest BCUT2D eigenvalue weighted by Crippen LogP contribution is -1.97. The van der Waals surface area contributed by atoms with Gasteiger partial charge in [0, 0.05) is 7.05 Å². The van der Waals surface area contributed by atoms with Crippen LogP contribution in [0, 0.1) is 0 Å². The van der Waals surface area contributed by atoms with E-state index in [1.54, 1.807) is 13.2 Å². The van der Waals surface area contributed by atoms with E-state index in [4.69, 9.17) is 5.21 Å². The minimum absolute atomic E-state index is 0.398.